The number of aryl methyl sites for hydroxylation is 2. The highest BCUT2D eigenvalue weighted by Gasteiger charge is 2.30. The van der Waals surface area contributed by atoms with Gasteiger partial charge in [-0.15, -0.1) is 25.3 Å². The van der Waals surface area contributed by atoms with Gasteiger partial charge in [0.25, 0.3) is 15.7 Å². The second kappa shape index (κ2) is 14.7. The number of aromatic amines is 1. The summed E-state index contributed by atoms with van der Waals surface area (Å²) in [6.45, 7) is 6.50. The molecule has 1 aromatic carbocycles. The Kier molecular flexibility index (Phi) is 11.4. The molecule has 3 aromatic rings. The lowest BCUT2D eigenvalue weighted by Crippen LogP contribution is -2.38. The van der Waals surface area contributed by atoms with Crippen LogP contribution in [-0.4, -0.2) is 75.9 Å². The Bertz CT molecular complexity index is 1600. The summed E-state index contributed by atoms with van der Waals surface area (Å²) in [7, 11) is -2.85. The molecule has 2 aromatic heterocycles. The smallest absolute Gasteiger partial charge is 0.294 e. The van der Waals surface area contributed by atoms with Gasteiger partial charge in [0.05, 0.1) is 36.5 Å². The molecule has 236 valence electrons. The van der Waals surface area contributed by atoms with E-state index in [2.05, 4.69) is 24.7 Å². The zero-order valence-electron chi connectivity index (χ0n) is 24.3. The number of piperidine rings is 1. The molecule has 18 heteroatoms. The minimum Gasteiger partial charge on any atom is -0.493 e. The Morgan fingerprint density at radius 1 is 1.14 bits per heavy atom. The molecule has 0 spiro atoms. The Morgan fingerprint density at radius 2 is 1.81 bits per heavy atom. The van der Waals surface area contributed by atoms with Crippen molar-refractivity contribution in [2.75, 3.05) is 33.4 Å². The number of nitrogens with zero attached hydrogens (tertiary/aromatic N) is 6. The highest BCUT2D eigenvalue weighted by Crippen LogP contribution is 2.33. The van der Waals surface area contributed by atoms with Crippen LogP contribution in [0.1, 0.15) is 51.0 Å². The van der Waals surface area contributed by atoms with Crippen molar-refractivity contribution in [3.63, 3.8) is 0 Å². The maximum atomic E-state index is 13.5. The number of rotatable bonds is 12. The lowest BCUT2D eigenvalue weighted by molar-refractivity contribution is -0.758. The molecule has 3 heterocycles. The van der Waals surface area contributed by atoms with E-state index in [0.29, 0.717) is 73.7 Å². The number of aromatic nitrogens is 4. The van der Waals surface area contributed by atoms with Crippen LogP contribution in [0.5, 0.6) is 5.75 Å². The Balaban J connectivity index is 0.000000934. The maximum absolute atomic E-state index is 13.5. The van der Waals surface area contributed by atoms with Gasteiger partial charge in [0.1, 0.15) is 11.6 Å². The Labute approximate surface area is 247 Å². The first-order chi connectivity index (χ1) is 20.4. The number of nitrogens with one attached hydrogen (secondary N) is 1. The van der Waals surface area contributed by atoms with E-state index >= 15 is 0 Å². The first-order valence-corrected chi connectivity index (χ1v) is 15.1. The van der Waals surface area contributed by atoms with Gasteiger partial charge in [0.15, 0.2) is 11.3 Å². The third kappa shape index (κ3) is 8.16. The predicted octanol–water partition coefficient (Wildman–Crippen LogP) is 2.57. The fourth-order valence-corrected chi connectivity index (χ4v) is 6.26. The van der Waals surface area contributed by atoms with Gasteiger partial charge >= 0.3 is 0 Å². The van der Waals surface area contributed by atoms with E-state index in [1.807, 2.05) is 13.8 Å². The van der Waals surface area contributed by atoms with Crippen molar-refractivity contribution >= 4 is 15.5 Å². The van der Waals surface area contributed by atoms with Gasteiger partial charge in [-0.05, 0) is 63.6 Å². The van der Waals surface area contributed by atoms with Crippen LogP contribution in [0.15, 0.2) is 27.9 Å². The van der Waals surface area contributed by atoms with Crippen molar-refractivity contribution in [3.8, 4) is 17.1 Å². The minimum absolute atomic E-state index is 0.00137. The number of sulfonamides is 1. The quantitative estimate of drug-likeness (QED) is 0.227. The molecule has 0 atom stereocenters. The number of benzene rings is 1. The summed E-state index contributed by atoms with van der Waals surface area (Å²) in [6, 6.07) is 4.54. The van der Waals surface area contributed by atoms with Crippen LogP contribution in [0.4, 0.5) is 0 Å². The summed E-state index contributed by atoms with van der Waals surface area (Å²) in [4.78, 5) is 47.5. The molecule has 0 amide bonds. The van der Waals surface area contributed by atoms with Crippen LogP contribution in [0.25, 0.3) is 16.9 Å². The summed E-state index contributed by atoms with van der Waals surface area (Å²) in [5.41, 5.74) is 0.905. The molecule has 0 bridgehead atoms. The lowest BCUT2D eigenvalue weighted by atomic mass is 9.95. The molecule has 43 heavy (non-hydrogen) atoms. The molecule has 1 fully saturated rings. The molecule has 4 rings (SSSR count). The van der Waals surface area contributed by atoms with Gasteiger partial charge in [-0.1, -0.05) is 6.92 Å². The minimum atomic E-state index is -3.85. The van der Waals surface area contributed by atoms with E-state index < -0.39 is 20.2 Å². The van der Waals surface area contributed by atoms with Crippen molar-refractivity contribution < 1.29 is 33.0 Å². The number of fused-ring (bicyclic) bond motifs is 1. The average Bonchev–Trinajstić information content (AvgIpc) is 3.29. The summed E-state index contributed by atoms with van der Waals surface area (Å²) >= 11 is 0. The topological polar surface area (TPSA) is 214 Å². The normalized spacial score (nSPS) is 14.1. The van der Waals surface area contributed by atoms with E-state index in [1.165, 1.54) is 21.0 Å². The Hall–Kier alpha value is -4.32. The summed E-state index contributed by atoms with van der Waals surface area (Å²) in [6.07, 6.45) is 3.11. The molecule has 0 saturated carbocycles. The second-order valence-corrected chi connectivity index (χ2v) is 11.6. The number of ether oxygens (including phenoxy) is 1. The SMILES string of the molecule is CCCc1nc(C)c2c(=O)[nH]c(-c3cc(S(=O)(=O)N4CCC(CCO[N+](=O)[O-])CC4)ccc3OCC)nn12.CO[N+](=O)[O-]. The molecule has 1 N–H and O–H groups in total. The van der Waals surface area contributed by atoms with Gasteiger partial charge in [-0.25, -0.2) is 17.9 Å². The van der Waals surface area contributed by atoms with Crippen LogP contribution < -0.4 is 10.3 Å². The molecule has 0 unspecified atom stereocenters. The van der Waals surface area contributed by atoms with E-state index in [9.17, 15) is 23.3 Å². The largest absolute Gasteiger partial charge is 0.493 e. The number of hydrogen-bond acceptors (Lipinski definition) is 12. The van der Waals surface area contributed by atoms with E-state index in [-0.39, 0.29) is 28.8 Å². The molecule has 1 aliphatic rings. The fourth-order valence-electron chi connectivity index (χ4n) is 4.76. The van der Waals surface area contributed by atoms with Gasteiger partial charge in [-0.3, -0.25) is 4.79 Å². The molecule has 1 saturated heterocycles. The highest BCUT2D eigenvalue weighted by molar-refractivity contribution is 7.89. The number of H-pyrrole nitrogens is 1. The van der Waals surface area contributed by atoms with E-state index in [0.717, 1.165) is 13.5 Å². The maximum Gasteiger partial charge on any atom is 0.294 e. The molecule has 0 radical (unpaired) electrons. The van der Waals surface area contributed by atoms with Gasteiger partial charge < -0.3 is 19.4 Å². The van der Waals surface area contributed by atoms with Crippen molar-refractivity contribution in [2.24, 2.45) is 5.92 Å². The van der Waals surface area contributed by atoms with Crippen LogP contribution in [0.2, 0.25) is 0 Å². The zero-order chi connectivity index (χ0) is 31.7. The Morgan fingerprint density at radius 3 is 2.40 bits per heavy atom. The van der Waals surface area contributed by atoms with Crippen LogP contribution in [0, 0.1) is 33.1 Å². The number of hydrogen-bond donors (Lipinski definition) is 1. The van der Waals surface area contributed by atoms with Crippen LogP contribution >= 0.6 is 0 Å². The van der Waals surface area contributed by atoms with Crippen molar-refractivity contribution in [3.05, 3.63) is 60.3 Å². The van der Waals surface area contributed by atoms with Crippen molar-refractivity contribution in [1.29, 1.82) is 0 Å². The predicted molar refractivity (Wildman–Crippen MR) is 152 cm³/mol. The number of imidazole rings is 1. The zero-order valence-corrected chi connectivity index (χ0v) is 25.2. The monoisotopic (exact) mass is 625 g/mol. The van der Waals surface area contributed by atoms with E-state index in [1.54, 1.807) is 13.0 Å². The first kappa shape index (κ1) is 33.2. The summed E-state index contributed by atoms with van der Waals surface area (Å²) < 4.78 is 35.8. The third-order valence-corrected chi connectivity index (χ3v) is 8.70. The fraction of sp³-hybridized carbons (Fsp3) is 0.560. The van der Waals surface area contributed by atoms with E-state index in [4.69, 9.17) is 14.9 Å². The molecule has 17 nitrogen and oxygen atoms in total. The van der Waals surface area contributed by atoms with Crippen LogP contribution in [-0.2, 0) is 26.1 Å². The van der Waals surface area contributed by atoms with Crippen molar-refractivity contribution in [1.82, 2.24) is 23.9 Å². The molecule has 1 aliphatic heterocycles. The lowest BCUT2D eigenvalue weighted by Gasteiger charge is -2.31. The highest BCUT2D eigenvalue weighted by atomic mass is 32.2. The second-order valence-electron chi connectivity index (χ2n) is 9.62. The summed E-state index contributed by atoms with van der Waals surface area (Å²) in [5, 5.41) is 22.2. The van der Waals surface area contributed by atoms with Crippen LogP contribution in [0.3, 0.4) is 0 Å². The van der Waals surface area contributed by atoms with Gasteiger partial charge in [0, 0.05) is 19.5 Å². The van der Waals surface area contributed by atoms with Crippen molar-refractivity contribution in [2.45, 2.75) is 57.8 Å². The molecule has 0 aliphatic carbocycles. The van der Waals surface area contributed by atoms with Gasteiger partial charge in [0.2, 0.25) is 10.0 Å². The molecular weight excluding hydrogens is 590 g/mol. The average molecular weight is 626 g/mol. The molecular formula is C25H35N7O10S. The first-order valence-electron chi connectivity index (χ1n) is 13.6. The third-order valence-electron chi connectivity index (χ3n) is 6.81. The van der Waals surface area contributed by atoms with Gasteiger partial charge in [-0.2, -0.15) is 4.31 Å². The standard InChI is InChI=1S/C24H32N6O7S.CH3NO3/c1-4-6-21-25-16(3)22-24(31)26-23(27-29(21)22)19-15-18(7-8-20(19)36-5-2)38(34,35)28-12-9-17(10-13-28)11-14-37-30(32)33;1-5-2(3)4/h7-8,15,17H,4-6,9-14H2,1-3H3,(H,26,27,31);1H3. The summed E-state index contributed by atoms with van der Waals surface area (Å²) in [5.74, 6) is 1.38.